The molecule has 2 unspecified atom stereocenters. The van der Waals surface area contributed by atoms with Crippen LogP contribution in [0.25, 0.3) is 143 Å². The van der Waals surface area contributed by atoms with Gasteiger partial charge in [0, 0.05) is 0 Å². The summed E-state index contributed by atoms with van der Waals surface area (Å²) < 4.78 is 0.752. The Bertz CT molecular complexity index is 5250. The van der Waals surface area contributed by atoms with Gasteiger partial charge in [-0.25, -0.2) is 0 Å². The summed E-state index contributed by atoms with van der Waals surface area (Å²) in [5.41, 5.74) is 22.5. The van der Waals surface area contributed by atoms with E-state index in [1.54, 1.807) is 22.3 Å². The quantitative estimate of drug-likeness (QED) is 0.0894. The number of hydrogen-bond acceptors (Lipinski definition) is 0. The number of hydrogen-bond donors (Lipinski definition) is 0. The van der Waals surface area contributed by atoms with Gasteiger partial charge in [0.1, 0.15) is 0 Å². The van der Waals surface area contributed by atoms with Crippen LogP contribution in [0.3, 0.4) is 0 Å². The van der Waals surface area contributed by atoms with Crippen molar-refractivity contribution >= 4 is 104 Å². The molecule has 14 aromatic rings. The van der Waals surface area contributed by atoms with Crippen LogP contribution in [0.15, 0.2) is 254 Å². The van der Waals surface area contributed by atoms with Gasteiger partial charge in [-0.3, -0.25) is 0 Å². The predicted octanol–water partition coefficient (Wildman–Crippen LogP) is 27.0. The monoisotopic (exact) mass is 1380 g/mol. The molecule has 8 fully saturated rings. The van der Waals surface area contributed by atoms with Crippen LogP contribution in [0.5, 0.6) is 0 Å². The molecule has 24 rings (SSSR count). The average Bonchev–Trinajstić information content (AvgIpc) is 1.51. The molecule has 0 nitrogen and oxygen atoms in total. The first-order chi connectivity index (χ1) is 49.2. The fourth-order valence-corrected chi connectivity index (χ4v) is 47.7. The third-order valence-corrected chi connectivity index (χ3v) is 49.2. The molecule has 14 aromatic carbocycles. The first-order valence-electron chi connectivity index (χ1n) is 38.5. The van der Waals surface area contributed by atoms with Crippen LogP contribution in [0, 0.1) is 46.3 Å². The van der Waals surface area contributed by atoms with Gasteiger partial charge in [0.25, 0.3) is 0 Å². The molecule has 0 aliphatic heterocycles. The second-order valence-electron chi connectivity index (χ2n) is 33.9. The number of rotatable bonds is 11. The van der Waals surface area contributed by atoms with Crippen molar-refractivity contribution in [2.45, 2.75) is 110 Å². The Morgan fingerprint density at radius 2 is 0.510 bits per heavy atom. The van der Waals surface area contributed by atoms with Gasteiger partial charge in [0.05, 0.1) is 0 Å². The van der Waals surface area contributed by atoms with Crippen molar-refractivity contribution in [3.05, 3.63) is 276 Å². The van der Waals surface area contributed by atoms with Crippen LogP contribution in [0.4, 0.5) is 0 Å². The summed E-state index contributed by atoms with van der Waals surface area (Å²) in [7, 11) is 0. The van der Waals surface area contributed by atoms with E-state index in [-0.39, 0.29) is 0 Å². The molecular weight excluding hydrogens is 1300 g/mol. The maximum atomic E-state index is 3.01. The SMILES string of the molecule is C[SiH](C)[Zr]([CH]1C(CC23CC4CC(CC(C4)C2)C3)=Cc2c(-c3c4ccccc4cc4ccccc34)ccc(-c3c4ccccc4cc4ccccc34)c21)[CH]1C(CC23CC4CC(CC(C4)C2)C3)=Cc2c(-c3c4ccccc4cc4ccccc34)ccc(-c3c4ccccc4cc4ccccc34)c21. The van der Waals surface area contributed by atoms with Gasteiger partial charge in [-0.2, -0.15) is 0 Å². The maximum absolute atomic E-state index is 3.27. The van der Waals surface area contributed by atoms with Gasteiger partial charge < -0.3 is 0 Å². The van der Waals surface area contributed by atoms with Crippen molar-refractivity contribution in [2.24, 2.45) is 46.3 Å². The van der Waals surface area contributed by atoms with Gasteiger partial charge in [-0.05, 0) is 0 Å². The van der Waals surface area contributed by atoms with Gasteiger partial charge in [0.2, 0.25) is 0 Å². The molecule has 0 amide bonds. The third-order valence-electron chi connectivity index (χ3n) is 27.5. The van der Waals surface area contributed by atoms with E-state index < -0.39 is 26.8 Å². The van der Waals surface area contributed by atoms with Crippen LogP contribution in [0.1, 0.15) is 119 Å². The first-order valence-corrected chi connectivity index (χ1v) is 48.4. The Labute approximate surface area is 597 Å². The molecule has 0 N–H and O–H groups in total. The molecule has 10 aliphatic rings. The molecular formula is C98H85SiZr. The summed E-state index contributed by atoms with van der Waals surface area (Å²) in [6.45, 7) is 5.86. The molecule has 0 aromatic heterocycles. The van der Waals surface area contributed by atoms with E-state index in [0.29, 0.717) is 18.1 Å². The second kappa shape index (κ2) is 22.6. The Morgan fingerprint density at radius 3 is 0.750 bits per heavy atom. The van der Waals surface area contributed by atoms with E-state index in [1.807, 2.05) is 11.1 Å². The van der Waals surface area contributed by atoms with Crippen molar-refractivity contribution in [1.82, 2.24) is 0 Å². The normalized spacial score (nSPS) is 25.4. The molecule has 100 heavy (non-hydrogen) atoms. The molecule has 0 spiro atoms. The average molecular weight is 1380 g/mol. The Morgan fingerprint density at radius 1 is 0.290 bits per heavy atom. The third kappa shape index (κ3) is 9.16. The number of fused-ring (bicyclic) bond motifs is 10. The van der Waals surface area contributed by atoms with E-state index in [0.717, 1.165) is 35.5 Å². The molecule has 0 radical (unpaired) electrons. The molecule has 8 saturated carbocycles. The molecule has 2 atom stereocenters. The van der Waals surface area contributed by atoms with Gasteiger partial charge in [-0.1, -0.05) is 0 Å². The molecule has 485 valence electrons. The van der Waals surface area contributed by atoms with Crippen molar-refractivity contribution in [2.75, 3.05) is 0 Å². The van der Waals surface area contributed by atoms with E-state index in [1.165, 1.54) is 221 Å². The predicted molar refractivity (Wildman–Crippen MR) is 425 cm³/mol. The van der Waals surface area contributed by atoms with Crippen LogP contribution < -0.4 is 0 Å². The van der Waals surface area contributed by atoms with Gasteiger partial charge in [-0.15, -0.1) is 0 Å². The summed E-state index contributed by atoms with van der Waals surface area (Å²) in [5.74, 6) is 3.63. The minimum atomic E-state index is -3.27. The molecule has 8 bridgehead atoms. The van der Waals surface area contributed by atoms with Crippen LogP contribution in [-0.4, -0.2) is 5.92 Å². The topological polar surface area (TPSA) is 0 Å². The van der Waals surface area contributed by atoms with E-state index in [4.69, 9.17) is 0 Å². The van der Waals surface area contributed by atoms with Crippen molar-refractivity contribution in [1.29, 1.82) is 0 Å². The summed E-state index contributed by atoms with van der Waals surface area (Å²) in [4.78, 5) is 0. The first kappa shape index (κ1) is 59.4. The zero-order chi connectivity index (χ0) is 65.7. The van der Waals surface area contributed by atoms with Crippen LogP contribution in [0.2, 0.25) is 13.1 Å². The molecule has 10 aliphatic carbocycles. The second-order valence-corrected chi connectivity index (χ2v) is 54.0. The minimum absolute atomic E-state index is 0.341. The summed E-state index contributed by atoms with van der Waals surface area (Å²) >= 11 is -3.27. The van der Waals surface area contributed by atoms with E-state index >= 15 is 0 Å². The fourth-order valence-electron chi connectivity index (χ4n) is 25.0. The molecule has 0 saturated heterocycles. The number of benzene rings is 14. The standard InChI is InChI=1S/2C48H39.C2H7Si.Zr/c2*1-5-13-38-34(9-1)24-35-10-2-6-14-39(35)46(38)42-17-18-43(47-40-15-7-3-11-36(40)25-37-12-4-8-16-41(37)47)45-23-33(22-44(42)45)29-48-26-30-19-31(27-48)21-32(20-30)28-48;1-3-2;/h2*1-18,22-25,30-32H,19-21,26-29H2;3H,1-2H3;. The van der Waals surface area contributed by atoms with Gasteiger partial charge >= 0.3 is 602 Å². The van der Waals surface area contributed by atoms with E-state index in [9.17, 15) is 0 Å². The Balaban J connectivity index is 0.885. The summed E-state index contributed by atoms with van der Waals surface area (Å²) in [6.07, 6.45) is 25.8. The summed E-state index contributed by atoms with van der Waals surface area (Å²) in [6, 6.07) is 96.4. The van der Waals surface area contributed by atoms with Gasteiger partial charge in [0.15, 0.2) is 0 Å². The molecule has 2 heteroatoms. The fraction of sp³-hybridized carbons (Fsp3) is 0.265. The summed E-state index contributed by atoms with van der Waals surface area (Å²) in [5, 5.41) is 21.7. The van der Waals surface area contributed by atoms with Crippen LogP contribution in [-0.2, 0) is 20.9 Å². The van der Waals surface area contributed by atoms with Crippen molar-refractivity contribution in [3.8, 4) is 44.5 Å². The van der Waals surface area contributed by atoms with Crippen LogP contribution >= 0.6 is 0 Å². The zero-order valence-electron chi connectivity index (χ0n) is 57.8. The number of allylic oxidation sites excluding steroid dienone is 2. The van der Waals surface area contributed by atoms with Crippen molar-refractivity contribution < 1.29 is 20.9 Å². The molecule has 0 heterocycles. The van der Waals surface area contributed by atoms with E-state index in [2.05, 4.69) is 268 Å². The Kier molecular flexibility index (Phi) is 13.4. The Hall–Kier alpha value is -8.26. The zero-order valence-corrected chi connectivity index (χ0v) is 61.5. The van der Waals surface area contributed by atoms with Crippen molar-refractivity contribution in [3.63, 3.8) is 0 Å².